The van der Waals surface area contributed by atoms with E-state index in [1.54, 1.807) is 0 Å². The smallest absolute Gasteiger partial charge is 0.0658 e. The molecule has 2 aromatic rings. The van der Waals surface area contributed by atoms with Crippen molar-refractivity contribution in [1.82, 2.24) is 24.9 Å². The van der Waals surface area contributed by atoms with E-state index in [9.17, 15) is 0 Å². The van der Waals surface area contributed by atoms with Crippen LogP contribution in [0.15, 0.2) is 18.6 Å². The number of H-pyrrole nitrogens is 1. The molecule has 106 valence electrons. The minimum Gasteiger partial charge on any atom is -0.297 e. The molecule has 1 N–H and O–H groups in total. The van der Waals surface area contributed by atoms with Gasteiger partial charge < -0.3 is 0 Å². The Bertz CT molecular complexity index is 595. The molecule has 5 nitrogen and oxygen atoms in total. The summed E-state index contributed by atoms with van der Waals surface area (Å²) >= 11 is 0. The number of aromatic amines is 1. The summed E-state index contributed by atoms with van der Waals surface area (Å²) in [5.41, 5.74) is 4.02. The molecule has 4 rings (SSSR count). The Hall–Kier alpha value is -1.62. The van der Waals surface area contributed by atoms with Crippen molar-refractivity contribution >= 4 is 0 Å². The molecule has 20 heavy (non-hydrogen) atoms. The standard InChI is InChI=1S/C15H21N5/c1-11-6-17-20(8-11)14-4-5-19(10-14)9-13-7-16-18-15(13)12-2-3-12/h6-8,12,14H,2-5,9-10H2,1H3,(H,16,18). The Balaban J connectivity index is 1.42. The van der Waals surface area contributed by atoms with Gasteiger partial charge in [-0.15, -0.1) is 0 Å². The summed E-state index contributed by atoms with van der Waals surface area (Å²) in [7, 11) is 0. The number of aryl methyl sites for hydroxylation is 1. The van der Waals surface area contributed by atoms with Crippen molar-refractivity contribution in [2.75, 3.05) is 13.1 Å². The number of nitrogens with zero attached hydrogens (tertiary/aromatic N) is 4. The van der Waals surface area contributed by atoms with Crippen LogP contribution in [0, 0.1) is 6.92 Å². The van der Waals surface area contributed by atoms with Gasteiger partial charge in [-0.05, 0) is 31.7 Å². The van der Waals surface area contributed by atoms with Crippen LogP contribution in [-0.4, -0.2) is 38.0 Å². The molecule has 1 atom stereocenters. The first-order valence-electron chi connectivity index (χ1n) is 7.55. The first kappa shape index (κ1) is 12.1. The summed E-state index contributed by atoms with van der Waals surface area (Å²) in [4.78, 5) is 2.53. The Morgan fingerprint density at radius 2 is 2.20 bits per heavy atom. The Kier molecular flexibility index (Phi) is 2.88. The van der Waals surface area contributed by atoms with E-state index in [1.165, 1.54) is 36.1 Å². The molecule has 2 aromatic heterocycles. The summed E-state index contributed by atoms with van der Waals surface area (Å²) in [6, 6.07) is 0.528. The van der Waals surface area contributed by atoms with Crippen LogP contribution in [0.2, 0.25) is 0 Å². The first-order valence-corrected chi connectivity index (χ1v) is 7.55. The molecule has 3 heterocycles. The van der Waals surface area contributed by atoms with Gasteiger partial charge in [-0.1, -0.05) is 0 Å². The topological polar surface area (TPSA) is 49.7 Å². The maximum absolute atomic E-state index is 4.46. The lowest BCUT2D eigenvalue weighted by Gasteiger charge is -2.16. The Labute approximate surface area is 119 Å². The number of aromatic nitrogens is 4. The van der Waals surface area contributed by atoms with Crippen molar-refractivity contribution < 1.29 is 0 Å². The van der Waals surface area contributed by atoms with Crippen molar-refractivity contribution in [3.05, 3.63) is 35.4 Å². The van der Waals surface area contributed by atoms with Gasteiger partial charge in [-0.25, -0.2) is 0 Å². The van der Waals surface area contributed by atoms with Crippen molar-refractivity contribution in [1.29, 1.82) is 0 Å². The third-order valence-electron chi connectivity index (χ3n) is 4.48. The number of likely N-dealkylation sites (tertiary alicyclic amines) is 1. The van der Waals surface area contributed by atoms with Crippen molar-refractivity contribution in [2.45, 2.75) is 44.7 Å². The highest BCUT2D eigenvalue weighted by molar-refractivity contribution is 5.24. The highest BCUT2D eigenvalue weighted by Gasteiger charge is 2.30. The minimum atomic E-state index is 0.528. The Morgan fingerprint density at radius 3 is 2.95 bits per heavy atom. The number of hydrogen-bond acceptors (Lipinski definition) is 3. The second kappa shape index (κ2) is 4.74. The van der Waals surface area contributed by atoms with Crippen LogP contribution in [0.1, 0.15) is 48.0 Å². The monoisotopic (exact) mass is 271 g/mol. The average molecular weight is 271 g/mol. The zero-order valence-corrected chi connectivity index (χ0v) is 11.9. The predicted octanol–water partition coefficient (Wildman–Crippen LogP) is 2.24. The molecule has 5 heteroatoms. The molecule has 0 bridgehead atoms. The van der Waals surface area contributed by atoms with Crippen molar-refractivity contribution in [2.24, 2.45) is 0 Å². The van der Waals surface area contributed by atoms with Crippen LogP contribution in [0.25, 0.3) is 0 Å². The molecule has 1 saturated heterocycles. The van der Waals surface area contributed by atoms with Crippen LogP contribution in [0.5, 0.6) is 0 Å². The molecular formula is C15H21N5. The molecule has 1 saturated carbocycles. The van der Waals surface area contributed by atoms with E-state index in [4.69, 9.17) is 0 Å². The van der Waals surface area contributed by atoms with E-state index in [0.717, 1.165) is 25.6 Å². The largest absolute Gasteiger partial charge is 0.297 e. The summed E-state index contributed by atoms with van der Waals surface area (Å²) < 4.78 is 2.13. The predicted molar refractivity (Wildman–Crippen MR) is 76.5 cm³/mol. The normalized spacial score (nSPS) is 23.6. The molecule has 1 aliphatic carbocycles. The molecule has 0 radical (unpaired) electrons. The summed E-state index contributed by atoms with van der Waals surface area (Å²) in [6.07, 6.45) is 9.96. The van der Waals surface area contributed by atoms with Gasteiger partial charge in [0.1, 0.15) is 0 Å². The van der Waals surface area contributed by atoms with Gasteiger partial charge in [0.2, 0.25) is 0 Å². The highest BCUT2D eigenvalue weighted by atomic mass is 15.3. The third kappa shape index (κ3) is 2.26. The summed E-state index contributed by atoms with van der Waals surface area (Å²) in [5, 5.41) is 11.9. The lowest BCUT2D eigenvalue weighted by atomic mass is 10.2. The summed E-state index contributed by atoms with van der Waals surface area (Å²) in [6.45, 7) is 5.37. The minimum absolute atomic E-state index is 0.528. The quantitative estimate of drug-likeness (QED) is 0.927. The molecule has 2 aliphatic rings. The van der Waals surface area contributed by atoms with Gasteiger partial charge in [0.25, 0.3) is 0 Å². The molecule has 2 fully saturated rings. The number of hydrogen-bond donors (Lipinski definition) is 1. The van der Waals surface area contributed by atoms with E-state index in [-0.39, 0.29) is 0 Å². The van der Waals surface area contributed by atoms with Gasteiger partial charge in [0.05, 0.1) is 18.4 Å². The van der Waals surface area contributed by atoms with E-state index in [0.29, 0.717) is 6.04 Å². The fraction of sp³-hybridized carbons (Fsp3) is 0.600. The second-order valence-electron chi connectivity index (χ2n) is 6.26. The maximum Gasteiger partial charge on any atom is 0.0658 e. The second-order valence-corrected chi connectivity index (χ2v) is 6.26. The zero-order valence-electron chi connectivity index (χ0n) is 11.9. The van der Waals surface area contributed by atoms with E-state index < -0.39 is 0 Å². The molecule has 0 amide bonds. The van der Waals surface area contributed by atoms with Gasteiger partial charge in [-0.3, -0.25) is 14.7 Å². The molecule has 0 aromatic carbocycles. The highest BCUT2D eigenvalue weighted by Crippen LogP contribution is 2.40. The van der Waals surface area contributed by atoms with Crippen LogP contribution >= 0.6 is 0 Å². The average Bonchev–Trinajstić information content (AvgIpc) is 2.87. The maximum atomic E-state index is 4.46. The molecule has 1 unspecified atom stereocenters. The molecule has 0 spiro atoms. The SMILES string of the molecule is Cc1cnn(C2CCN(Cc3cn[nH]c3C3CC3)C2)c1. The van der Waals surface area contributed by atoms with Crippen LogP contribution in [-0.2, 0) is 6.54 Å². The van der Waals surface area contributed by atoms with E-state index in [2.05, 4.69) is 38.0 Å². The lowest BCUT2D eigenvalue weighted by Crippen LogP contribution is -2.21. The van der Waals surface area contributed by atoms with E-state index in [1.807, 2.05) is 12.4 Å². The summed E-state index contributed by atoms with van der Waals surface area (Å²) in [5.74, 6) is 0.750. The van der Waals surface area contributed by atoms with Crippen LogP contribution in [0.4, 0.5) is 0 Å². The molecule has 1 aliphatic heterocycles. The number of rotatable bonds is 4. The third-order valence-corrected chi connectivity index (χ3v) is 4.48. The van der Waals surface area contributed by atoms with Crippen molar-refractivity contribution in [3.63, 3.8) is 0 Å². The fourth-order valence-corrected chi connectivity index (χ4v) is 3.22. The number of nitrogens with one attached hydrogen (secondary N) is 1. The first-order chi connectivity index (χ1) is 9.79. The lowest BCUT2D eigenvalue weighted by molar-refractivity contribution is 0.311. The van der Waals surface area contributed by atoms with Gasteiger partial charge in [-0.2, -0.15) is 10.2 Å². The molecular weight excluding hydrogens is 250 g/mol. The Morgan fingerprint density at radius 1 is 1.30 bits per heavy atom. The van der Waals surface area contributed by atoms with Crippen LogP contribution < -0.4 is 0 Å². The van der Waals surface area contributed by atoms with Crippen molar-refractivity contribution in [3.8, 4) is 0 Å². The van der Waals surface area contributed by atoms with Gasteiger partial charge in [0, 0.05) is 43.0 Å². The van der Waals surface area contributed by atoms with Crippen LogP contribution in [0.3, 0.4) is 0 Å². The van der Waals surface area contributed by atoms with Gasteiger partial charge in [0.15, 0.2) is 0 Å². The van der Waals surface area contributed by atoms with E-state index >= 15 is 0 Å². The van der Waals surface area contributed by atoms with Gasteiger partial charge >= 0.3 is 0 Å². The fourth-order valence-electron chi connectivity index (χ4n) is 3.22. The zero-order chi connectivity index (χ0) is 13.5.